The molecule has 0 spiro atoms. The van der Waals surface area contributed by atoms with Crippen LogP contribution in [0.15, 0.2) is 71.4 Å². The molecule has 1 aliphatic heterocycles. The summed E-state index contributed by atoms with van der Waals surface area (Å²) in [4.78, 5) is 0. The maximum atomic E-state index is 6.26. The van der Waals surface area contributed by atoms with Crippen molar-refractivity contribution in [2.45, 2.75) is 65.3 Å². The zero-order valence-corrected chi connectivity index (χ0v) is 20.6. The van der Waals surface area contributed by atoms with E-state index in [0.717, 1.165) is 24.1 Å². The second-order valence-corrected chi connectivity index (χ2v) is 10.3. The largest absolute Gasteiger partial charge is 0.456 e. The van der Waals surface area contributed by atoms with Gasteiger partial charge in [-0.1, -0.05) is 64.1 Å². The van der Waals surface area contributed by atoms with Crippen molar-refractivity contribution in [1.82, 2.24) is 4.57 Å². The summed E-state index contributed by atoms with van der Waals surface area (Å²) in [7, 11) is 0. The summed E-state index contributed by atoms with van der Waals surface area (Å²) in [6.07, 6.45) is 8.02. The lowest BCUT2D eigenvalue weighted by Crippen LogP contribution is -2.36. The molecule has 0 aliphatic carbocycles. The molecular formula is C31H33N2O+. The number of imidazole rings is 1. The summed E-state index contributed by atoms with van der Waals surface area (Å²) in [5.74, 6) is 2.19. The fourth-order valence-corrected chi connectivity index (χ4v) is 5.69. The van der Waals surface area contributed by atoms with Crippen LogP contribution in [-0.2, 0) is 13.0 Å². The van der Waals surface area contributed by atoms with Gasteiger partial charge < -0.3 is 4.42 Å². The molecule has 0 N–H and O–H groups in total. The van der Waals surface area contributed by atoms with Gasteiger partial charge in [0.05, 0.1) is 12.1 Å². The monoisotopic (exact) mass is 449 g/mol. The molecule has 0 fully saturated rings. The molecule has 6 rings (SSSR count). The standard InChI is InChI=1S/C31H33N2O/c1-20(2)23-12-9-13-24(21(3)4)30(23)33-17-16-32-15-8-7-10-22-18-29-27(19-26(22)31(32)33)25-11-5-6-14-28(25)34-29/h5-6,9,11-14,16-21H,7-8,10,15H2,1-4H3/q+1. The van der Waals surface area contributed by atoms with Gasteiger partial charge >= 0.3 is 0 Å². The van der Waals surface area contributed by atoms with Crippen LogP contribution >= 0.6 is 0 Å². The number of benzene rings is 3. The molecule has 0 amide bonds. The van der Waals surface area contributed by atoms with Gasteiger partial charge in [-0.15, -0.1) is 0 Å². The fourth-order valence-electron chi connectivity index (χ4n) is 5.69. The van der Waals surface area contributed by atoms with Gasteiger partial charge in [-0.3, -0.25) is 0 Å². The topological polar surface area (TPSA) is 21.9 Å². The highest BCUT2D eigenvalue weighted by Gasteiger charge is 2.30. The molecule has 172 valence electrons. The summed E-state index contributed by atoms with van der Waals surface area (Å²) in [5, 5.41) is 2.40. The number of fused-ring (bicyclic) bond motifs is 6. The van der Waals surface area contributed by atoms with Crippen LogP contribution in [-0.4, -0.2) is 4.57 Å². The van der Waals surface area contributed by atoms with Gasteiger partial charge in [0.15, 0.2) is 0 Å². The molecule has 2 aromatic heterocycles. The minimum atomic E-state index is 0.449. The molecule has 1 aliphatic rings. The zero-order chi connectivity index (χ0) is 23.4. The molecule has 3 heteroatoms. The summed E-state index contributed by atoms with van der Waals surface area (Å²) in [6.45, 7) is 10.3. The van der Waals surface area contributed by atoms with Gasteiger partial charge in [-0.25, -0.2) is 4.57 Å². The quantitative estimate of drug-likeness (QED) is 0.256. The Morgan fingerprint density at radius 3 is 2.35 bits per heavy atom. The average Bonchev–Trinajstić information content (AvgIpc) is 3.39. The van der Waals surface area contributed by atoms with Crippen molar-refractivity contribution in [2.24, 2.45) is 0 Å². The second kappa shape index (κ2) is 8.16. The van der Waals surface area contributed by atoms with E-state index in [0.29, 0.717) is 11.8 Å². The van der Waals surface area contributed by atoms with Crippen LogP contribution in [0.4, 0.5) is 0 Å². The highest BCUT2D eigenvalue weighted by molar-refractivity contribution is 6.06. The molecule has 3 aromatic carbocycles. The summed E-state index contributed by atoms with van der Waals surface area (Å²) in [5.41, 5.74) is 8.84. The van der Waals surface area contributed by atoms with Gasteiger partial charge in [0.1, 0.15) is 29.2 Å². The van der Waals surface area contributed by atoms with Crippen LogP contribution in [0.3, 0.4) is 0 Å². The predicted molar refractivity (Wildman–Crippen MR) is 140 cm³/mol. The van der Waals surface area contributed by atoms with Gasteiger partial charge in [-0.05, 0) is 54.9 Å². The van der Waals surface area contributed by atoms with Crippen molar-refractivity contribution < 1.29 is 8.98 Å². The number of nitrogens with zero attached hydrogens (tertiary/aromatic N) is 2. The lowest BCUT2D eigenvalue weighted by atomic mass is 9.92. The van der Waals surface area contributed by atoms with E-state index < -0.39 is 0 Å². The number of aryl methyl sites for hydroxylation is 2. The Bertz CT molecular complexity index is 1490. The summed E-state index contributed by atoms with van der Waals surface area (Å²) < 4.78 is 11.2. The Hall–Kier alpha value is -3.33. The summed E-state index contributed by atoms with van der Waals surface area (Å²) in [6, 6.07) is 19.9. The maximum Gasteiger partial charge on any atom is 0.294 e. The first-order valence-electron chi connectivity index (χ1n) is 12.7. The normalized spacial score (nSPS) is 13.9. The Labute approximate surface area is 201 Å². The van der Waals surface area contributed by atoms with Gasteiger partial charge in [0.25, 0.3) is 5.82 Å². The molecule has 0 atom stereocenters. The number of aromatic nitrogens is 2. The Morgan fingerprint density at radius 1 is 0.824 bits per heavy atom. The predicted octanol–water partition coefficient (Wildman–Crippen LogP) is 7.91. The van der Waals surface area contributed by atoms with E-state index >= 15 is 0 Å². The smallest absolute Gasteiger partial charge is 0.294 e. The Kier molecular flexibility index (Phi) is 5.09. The minimum absolute atomic E-state index is 0.449. The van der Waals surface area contributed by atoms with Crippen LogP contribution in [0.1, 0.15) is 69.1 Å². The lowest BCUT2D eigenvalue weighted by Gasteiger charge is -2.19. The zero-order valence-electron chi connectivity index (χ0n) is 20.6. The molecule has 5 aromatic rings. The SMILES string of the molecule is CC(C)c1cccc(C(C)C)c1-n1cc[n+]2c1-c1cc3c(cc1CCCC2)oc1ccccc13. The van der Waals surface area contributed by atoms with E-state index in [-0.39, 0.29) is 0 Å². The van der Waals surface area contributed by atoms with Crippen molar-refractivity contribution in [3.63, 3.8) is 0 Å². The first-order valence-corrected chi connectivity index (χ1v) is 12.7. The molecule has 34 heavy (non-hydrogen) atoms. The van der Waals surface area contributed by atoms with Crippen LogP contribution in [0.2, 0.25) is 0 Å². The highest BCUT2D eigenvalue weighted by atomic mass is 16.3. The van der Waals surface area contributed by atoms with Gasteiger partial charge in [0.2, 0.25) is 0 Å². The third kappa shape index (κ3) is 3.29. The third-order valence-electron chi connectivity index (χ3n) is 7.42. The molecule has 0 unspecified atom stereocenters. The molecule has 0 saturated heterocycles. The van der Waals surface area contributed by atoms with Crippen molar-refractivity contribution >= 4 is 21.9 Å². The lowest BCUT2D eigenvalue weighted by molar-refractivity contribution is -0.686. The Balaban J connectivity index is 1.69. The van der Waals surface area contributed by atoms with Crippen LogP contribution in [0, 0.1) is 0 Å². The molecule has 0 saturated carbocycles. The first-order chi connectivity index (χ1) is 16.5. The van der Waals surface area contributed by atoms with Gasteiger partial charge in [0, 0.05) is 21.9 Å². The Morgan fingerprint density at radius 2 is 1.59 bits per heavy atom. The number of hydrogen-bond acceptors (Lipinski definition) is 1. The summed E-state index contributed by atoms with van der Waals surface area (Å²) >= 11 is 0. The highest BCUT2D eigenvalue weighted by Crippen LogP contribution is 2.38. The molecule has 3 nitrogen and oxygen atoms in total. The number of rotatable bonds is 3. The number of furan rings is 1. The van der Waals surface area contributed by atoms with E-state index in [4.69, 9.17) is 4.42 Å². The third-order valence-corrected chi connectivity index (χ3v) is 7.42. The van der Waals surface area contributed by atoms with Crippen molar-refractivity contribution in [2.75, 3.05) is 0 Å². The number of hydrogen-bond donors (Lipinski definition) is 0. The average molecular weight is 450 g/mol. The van der Waals surface area contributed by atoms with E-state index in [1.54, 1.807) is 0 Å². The van der Waals surface area contributed by atoms with E-state index in [1.807, 2.05) is 0 Å². The number of para-hydroxylation sites is 2. The molecule has 3 heterocycles. The minimum Gasteiger partial charge on any atom is -0.456 e. The van der Waals surface area contributed by atoms with E-state index in [9.17, 15) is 0 Å². The molecule has 0 radical (unpaired) electrons. The van der Waals surface area contributed by atoms with Crippen LogP contribution < -0.4 is 4.57 Å². The molecular weight excluding hydrogens is 416 g/mol. The molecule has 0 bridgehead atoms. The van der Waals surface area contributed by atoms with E-state index in [2.05, 4.69) is 104 Å². The van der Waals surface area contributed by atoms with Crippen molar-refractivity contribution in [1.29, 1.82) is 0 Å². The van der Waals surface area contributed by atoms with Crippen molar-refractivity contribution in [3.05, 3.63) is 83.7 Å². The van der Waals surface area contributed by atoms with Crippen LogP contribution in [0.25, 0.3) is 39.0 Å². The van der Waals surface area contributed by atoms with Gasteiger partial charge in [-0.2, -0.15) is 4.57 Å². The van der Waals surface area contributed by atoms with E-state index in [1.165, 1.54) is 57.4 Å². The first kappa shape index (κ1) is 21.2. The van der Waals surface area contributed by atoms with Crippen molar-refractivity contribution in [3.8, 4) is 17.1 Å². The second-order valence-electron chi connectivity index (χ2n) is 10.3. The fraction of sp³-hybridized carbons (Fsp3) is 0.323. The maximum absolute atomic E-state index is 6.26. The van der Waals surface area contributed by atoms with Crippen LogP contribution in [0.5, 0.6) is 0 Å².